The first-order valence-electron chi connectivity index (χ1n) is 10.3. The van der Waals surface area contributed by atoms with Crippen LogP contribution in [-0.4, -0.2) is 40.1 Å². The number of benzene rings is 1. The van der Waals surface area contributed by atoms with Crippen molar-refractivity contribution in [1.82, 2.24) is 20.2 Å². The number of fused-ring (bicyclic) bond motifs is 2. The van der Waals surface area contributed by atoms with Crippen LogP contribution >= 0.6 is 0 Å². The molecule has 1 aromatic carbocycles. The number of carbonyl (C=O) groups excluding carboxylic acids is 3. The van der Waals surface area contributed by atoms with Gasteiger partial charge in [0, 0.05) is 19.0 Å². The summed E-state index contributed by atoms with van der Waals surface area (Å²) in [6.07, 6.45) is 6.69. The van der Waals surface area contributed by atoms with Gasteiger partial charge in [0.25, 0.3) is 11.5 Å². The van der Waals surface area contributed by atoms with Crippen LogP contribution in [0.15, 0.2) is 23.0 Å². The predicted octanol–water partition coefficient (Wildman–Crippen LogP) is 1.66. The van der Waals surface area contributed by atoms with E-state index in [0.29, 0.717) is 23.3 Å². The number of hydrogen-bond donors (Lipinski definition) is 2. The third-order valence-corrected chi connectivity index (χ3v) is 5.58. The van der Waals surface area contributed by atoms with Crippen LogP contribution in [0.2, 0.25) is 0 Å². The Hall–Kier alpha value is -3.23. The van der Waals surface area contributed by atoms with Gasteiger partial charge in [-0.05, 0) is 37.5 Å². The molecule has 9 heteroatoms. The summed E-state index contributed by atoms with van der Waals surface area (Å²) in [6.45, 7) is 0.0829. The molecule has 1 aromatic heterocycles. The van der Waals surface area contributed by atoms with Gasteiger partial charge < -0.3 is 10.1 Å². The van der Waals surface area contributed by atoms with Crippen LogP contribution in [0.5, 0.6) is 0 Å². The molecule has 0 bridgehead atoms. The van der Waals surface area contributed by atoms with E-state index in [1.165, 1.54) is 12.1 Å². The van der Waals surface area contributed by atoms with Crippen molar-refractivity contribution in [1.29, 1.82) is 0 Å². The van der Waals surface area contributed by atoms with E-state index >= 15 is 0 Å². The fraction of sp³-hybridized carbons (Fsp3) is 0.476. The molecule has 158 valence electrons. The van der Waals surface area contributed by atoms with E-state index in [1.54, 1.807) is 10.6 Å². The highest BCUT2D eigenvalue weighted by Crippen LogP contribution is 2.18. The van der Waals surface area contributed by atoms with Gasteiger partial charge in [-0.2, -0.15) is 0 Å². The van der Waals surface area contributed by atoms with Crippen LogP contribution in [0, 0.1) is 0 Å². The minimum absolute atomic E-state index is 0.0738. The summed E-state index contributed by atoms with van der Waals surface area (Å²) in [5.74, 6) is -0.713. The highest BCUT2D eigenvalue weighted by atomic mass is 16.5. The Labute approximate surface area is 172 Å². The average Bonchev–Trinajstić information content (AvgIpc) is 3.21. The SMILES string of the molecule is O=C(COC(=O)c1ccc2c(=O)n3c(nc2c1)CCC3)NC(=O)NC1CCCCC1. The Morgan fingerprint density at radius 3 is 2.73 bits per heavy atom. The van der Waals surface area contributed by atoms with Crippen molar-refractivity contribution in [3.05, 3.63) is 39.9 Å². The topological polar surface area (TPSA) is 119 Å². The van der Waals surface area contributed by atoms with Crippen LogP contribution < -0.4 is 16.2 Å². The Morgan fingerprint density at radius 2 is 1.93 bits per heavy atom. The zero-order valence-corrected chi connectivity index (χ0v) is 16.6. The molecule has 1 aliphatic heterocycles. The molecule has 9 nitrogen and oxygen atoms in total. The summed E-state index contributed by atoms with van der Waals surface area (Å²) in [5, 5.41) is 5.38. The van der Waals surface area contributed by atoms with E-state index in [-0.39, 0.29) is 17.2 Å². The molecular weight excluding hydrogens is 388 g/mol. The molecule has 0 radical (unpaired) electrons. The first kappa shape index (κ1) is 20.1. The first-order valence-corrected chi connectivity index (χ1v) is 10.3. The first-order chi connectivity index (χ1) is 14.5. The van der Waals surface area contributed by atoms with Gasteiger partial charge in [-0.25, -0.2) is 14.6 Å². The third-order valence-electron chi connectivity index (χ3n) is 5.58. The Balaban J connectivity index is 1.34. The lowest BCUT2D eigenvalue weighted by Crippen LogP contribution is -2.46. The number of imide groups is 1. The van der Waals surface area contributed by atoms with E-state index < -0.39 is 24.5 Å². The van der Waals surface area contributed by atoms with Crippen molar-refractivity contribution in [2.24, 2.45) is 0 Å². The van der Waals surface area contributed by atoms with E-state index in [1.807, 2.05) is 0 Å². The standard InChI is InChI=1S/C21H24N4O5/c26-18(24-21(29)22-14-5-2-1-3-6-14)12-30-20(28)13-8-9-15-16(11-13)23-17-7-4-10-25(17)19(15)27/h8-9,11,14H,1-7,10,12H2,(H2,22,24,26,29). The van der Waals surface area contributed by atoms with Crippen LogP contribution in [0.1, 0.15) is 54.7 Å². The van der Waals surface area contributed by atoms with Gasteiger partial charge in [-0.15, -0.1) is 0 Å². The summed E-state index contributed by atoms with van der Waals surface area (Å²) < 4.78 is 6.67. The van der Waals surface area contributed by atoms with Crippen molar-refractivity contribution < 1.29 is 19.1 Å². The molecule has 2 heterocycles. The number of nitrogens with zero attached hydrogens (tertiary/aromatic N) is 2. The third kappa shape index (κ3) is 4.34. The molecule has 3 amide bonds. The highest BCUT2D eigenvalue weighted by molar-refractivity contribution is 5.98. The zero-order chi connectivity index (χ0) is 21.1. The van der Waals surface area contributed by atoms with Crippen LogP contribution in [0.25, 0.3) is 10.9 Å². The number of amides is 3. The van der Waals surface area contributed by atoms with Crippen molar-refractivity contribution >= 4 is 28.8 Å². The van der Waals surface area contributed by atoms with Gasteiger partial charge in [0.1, 0.15) is 5.82 Å². The Kier molecular flexibility index (Phi) is 5.78. The number of rotatable bonds is 4. The largest absolute Gasteiger partial charge is 0.452 e. The van der Waals surface area contributed by atoms with E-state index in [2.05, 4.69) is 15.6 Å². The average molecular weight is 412 g/mol. The smallest absolute Gasteiger partial charge is 0.338 e. The Bertz CT molecular complexity index is 1060. The molecule has 1 saturated carbocycles. The van der Waals surface area contributed by atoms with Crippen LogP contribution in [0.3, 0.4) is 0 Å². The van der Waals surface area contributed by atoms with Gasteiger partial charge in [-0.1, -0.05) is 19.3 Å². The highest BCUT2D eigenvalue weighted by Gasteiger charge is 2.19. The number of carbonyl (C=O) groups is 3. The lowest BCUT2D eigenvalue weighted by atomic mass is 9.96. The maximum Gasteiger partial charge on any atom is 0.338 e. The van der Waals surface area contributed by atoms with Crippen LogP contribution in [-0.2, 0) is 22.5 Å². The van der Waals surface area contributed by atoms with E-state index in [4.69, 9.17) is 4.74 Å². The zero-order valence-electron chi connectivity index (χ0n) is 16.6. The van der Waals surface area contributed by atoms with E-state index in [0.717, 1.165) is 44.9 Å². The quantitative estimate of drug-likeness (QED) is 0.737. The van der Waals surface area contributed by atoms with Gasteiger partial charge in [0.15, 0.2) is 6.61 Å². The summed E-state index contributed by atoms with van der Waals surface area (Å²) in [7, 11) is 0. The van der Waals surface area contributed by atoms with E-state index in [9.17, 15) is 19.2 Å². The molecule has 30 heavy (non-hydrogen) atoms. The molecule has 0 unspecified atom stereocenters. The number of esters is 1. The molecule has 2 aliphatic rings. The molecule has 1 aliphatic carbocycles. The number of aromatic nitrogens is 2. The molecule has 2 aromatic rings. The van der Waals surface area contributed by atoms with Crippen molar-refractivity contribution in [2.45, 2.75) is 57.5 Å². The van der Waals surface area contributed by atoms with Crippen LogP contribution in [0.4, 0.5) is 4.79 Å². The number of aryl methyl sites for hydroxylation is 1. The minimum Gasteiger partial charge on any atom is -0.452 e. The molecular formula is C21H24N4O5. The molecule has 0 atom stereocenters. The van der Waals surface area contributed by atoms with Crippen molar-refractivity contribution in [3.8, 4) is 0 Å². The lowest BCUT2D eigenvalue weighted by Gasteiger charge is -2.22. The second kappa shape index (κ2) is 8.64. The monoisotopic (exact) mass is 412 g/mol. The van der Waals surface area contributed by atoms with Gasteiger partial charge in [0.05, 0.1) is 16.5 Å². The molecule has 1 fully saturated rings. The lowest BCUT2D eigenvalue weighted by molar-refractivity contribution is -0.123. The second-order valence-corrected chi connectivity index (χ2v) is 7.75. The molecule has 4 rings (SSSR count). The Morgan fingerprint density at radius 1 is 1.13 bits per heavy atom. The number of hydrogen-bond acceptors (Lipinski definition) is 6. The molecule has 2 N–H and O–H groups in total. The fourth-order valence-corrected chi connectivity index (χ4v) is 4.06. The van der Waals surface area contributed by atoms with Gasteiger partial charge in [0.2, 0.25) is 0 Å². The van der Waals surface area contributed by atoms with Gasteiger partial charge >= 0.3 is 12.0 Å². The summed E-state index contributed by atoms with van der Waals surface area (Å²) in [6, 6.07) is 4.01. The van der Waals surface area contributed by atoms with Crippen molar-refractivity contribution in [2.75, 3.05) is 6.61 Å². The van der Waals surface area contributed by atoms with Crippen molar-refractivity contribution in [3.63, 3.8) is 0 Å². The summed E-state index contributed by atoms with van der Waals surface area (Å²) in [5.41, 5.74) is 0.506. The molecule has 0 spiro atoms. The number of ether oxygens (including phenoxy) is 1. The summed E-state index contributed by atoms with van der Waals surface area (Å²) in [4.78, 5) is 53.0. The molecule has 0 saturated heterocycles. The maximum atomic E-state index is 12.5. The van der Waals surface area contributed by atoms with Gasteiger partial charge in [-0.3, -0.25) is 19.5 Å². The fourth-order valence-electron chi connectivity index (χ4n) is 4.06. The minimum atomic E-state index is -0.720. The number of nitrogens with one attached hydrogen (secondary N) is 2. The number of urea groups is 1. The summed E-state index contributed by atoms with van der Waals surface area (Å²) >= 11 is 0. The predicted molar refractivity (Wildman–Crippen MR) is 108 cm³/mol. The normalized spacial score (nSPS) is 16.1. The maximum absolute atomic E-state index is 12.5. The second-order valence-electron chi connectivity index (χ2n) is 7.75.